The highest BCUT2D eigenvalue weighted by atomic mass is 16.2. The second kappa shape index (κ2) is 6.91. The lowest BCUT2D eigenvalue weighted by Gasteiger charge is -2.14. The molecule has 0 radical (unpaired) electrons. The molecule has 2 heterocycles. The number of hydrogen-bond acceptors (Lipinski definition) is 4. The minimum Gasteiger partial charge on any atom is -0.340 e. The van der Waals surface area contributed by atoms with Crippen molar-refractivity contribution in [2.75, 3.05) is 10.6 Å². The average molecular weight is 324 g/mol. The second-order valence-corrected chi connectivity index (χ2v) is 5.36. The molecule has 1 aliphatic heterocycles. The highest BCUT2D eigenvalue weighted by molar-refractivity contribution is 6.09. The van der Waals surface area contributed by atoms with Crippen LogP contribution in [-0.4, -0.2) is 28.7 Å². The van der Waals surface area contributed by atoms with Crippen molar-refractivity contribution in [1.29, 1.82) is 0 Å². The van der Waals surface area contributed by atoms with E-state index in [0.717, 1.165) is 0 Å². The normalized spacial score (nSPS) is 16.4. The number of para-hydroxylation sites is 1. The van der Waals surface area contributed by atoms with Gasteiger partial charge in [0.05, 0.1) is 11.3 Å². The molecule has 0 aliphatic carbocycles. The van der Waals surface area contributed by atoms with Crippen molar-refractivity contribution in [1.82, 2.24) is 10.3 Å². The van der Waals surface area contributed by atoms with Crippen molar-refractivity contribution in [3.05, 3.63) is 54.2 Å². The number of benzene rings is 1. The highest BCUT2D eigenvalue weighted by Crippen LogP contribution is 2.19. The largest absolute Gasteiger partial charge is 0.340 e. The molecule has 1 atom stereocenters. The second-order valence-electron chi connectivity index (χ2n) is 5.36. The van der Waals surface area contributed by atoms with Crippen LogP contribution in [0.1, 0.15) is 23.2 Å². The fraction of sp³-hybridized carbons (Fsp3) is 0.176. The van der Waals surface area contributed by atoms with Gasteiger partial charge in [0.2, 0.25) is 11.8 Å². The molecular weight excluding hydrogens is 308 g/mol. The van der Waals surface area contributed by atoms with Crippen LogP contribution in [0.3, 0.4) is 0 Å². The molecule has 7 nitrogen and oxygen atoms in total. The van der Waals surface area contributed by atoms with E-state index in [4.69, 9.17) is 0 Å². The van der Waals surface area contributed by atoms with E-state index < -0.39 is 6.04 Å². The van der Waals surface area contributed by atoms with E-state index in [2.05, 4.69) is 20.9 Å². The molecule has 0 saturated carbocycles. The molecule has 1 aromatic carbocycles. The molecule has 0 bridgehead atoms. The van der Waals surface area contributed by atoms with Crippen LogP contribution in [0.15, 0.2) is 48.7 Å². The molecule has 1 aliphatic rings. The minimum absolute atomic E-state index is 0.0886. The van der Waals surface area contributed by atoms with Gasteiger partial charge in [-0.3, -0.25) is 14.4 Å². The van der Waals surface area contributed by atoms with Gasteiger partial charge in [-0.2, -0.15) is 0 Å². The maximum absolute atomic E-state index is 12.2. The molecule has 24 heavy (non-hydrogen) atoms. The van der Waals surface area contributed by atoms with Crippen LogP contribution in [0.5, 0.6) is 0 Å². The summed E-state index contributed by atoms with van der Waals surface area (Å²) in [5.41, 5.74) is 0.881. The summed E-state index contributed by atoms with van der Waals surface area (Å²) >= 11 is 0. The van der Waals surface area contributed by atoms with Crippen molar-refractivity contribution in [2.45, 2.75) is 18.9 Å². The fourth-order valence-corrected chi connectivity index (χ4v) is 2.43. The summed E-state index contributed by atoms with van der Waals surface area (Å²) in [6, 6.07) is 11.2. The topological polar surface area (TPSA) is 100 Å². The van der Waals surface area contributed by atoms with Gasteiger partial charge in [0.1, 0.15) is 11.9 Å². The predicted octanol–water partition coefficient (Wildman–Crippen LogP) is 1.55. The van der Waals surface area contributed by atoms with Gasteiger partial charge in [-0.15, -0.1) is 0 Å². The van der Waals surface area contributed by atoms with Crippen LogP contribution >= 0.6 is 0 Å². The van der Waals surface area contributed by atoms with E-state index in [-0.39, 0.29) is 30.6 Å². The SMILES string of the molecule is O=C(CC[C@H]1NC(=O)c2ccccc2NC1=O)Nc1ccccn1. The average Bonchev–Trinajstić information content (AvgIpc) is 2.71. The molecule has 7 heteroatoms. The van der Waals surface area contributed by atoms with Crippen LogP contribution in [0, 0.1) is 0 Å². The molecule has 122 valence electrons. The highest BCUT2D eigenvalue weighted by Gasteiger charge is 2.27. The number of hydrogen-bond donors (Lipinski definition) is 3. The Morgan fingerprint density at radius 3 is 2.71 bits per heavy atom. The Balaban J connectivity index is 1.61. The van der Waals surface area contributed by atoms with E-state index in [0.29, 0.717) is 17.1 Å². The Morgan fingerprint density at radius 2 is 1.92 bits per heavy atom. The van der Waals surface area contributed by atoms with Crippen LogP contribution in [-0.2, 0) is 9.59 Å². The van der Waals surface area contributed by atoms with Crippen molar-refractivity contribution in [2.24, 2.45) is 0 Å². The van der Waals surface area contributed by atoms with E-state index in [1.807, 2.05) is 0 Å². The van der Waals surface area contributed by atoms with Crippen LogP contribution in [0.4, 0.5) is 11.5 Å². The van der Waals surface area contributed by atoms with Crippen LogP contribution in [0.25, 0.3) is 0 Å². The summed E-state index contributed by atoms with van der Waals surface area (Å²) in [7, 11) is 0. The first-order chi connectivity index (χ1) is 11.6. The van der Waals surface area contributed by atoms with Gasteiger partial charge in [-0.1, -0.05) is 18.2 Å². The Bertz CT molecular complexity index is 776. The maximum Gasteiger partial charge on any atom is 0.254 e. The molecule has 0 saturated heterocycles. The van der Waals surface area contributed by atoms with E-state index in [1.165, 1.54) is 0 Å². The molecular formula is C17H16N4O3. The molecule has 2 aromatic rings. The zero-order chi connectivity index (χ0) is 16.9. The van der Waals surface area contributed by atoms with Gasteiger partial charge in [-0.25, -0.2) is 4.98 Å². The molecule has 0 unspecified atom stereocenters. The van der Waals surface area contributed by atoms with Gasteiger partial charge in [0.15, 0.2) is 0 Å². The van der Waals surface area contributed by atoms with Gasteiger partial charge in [0.25, 0.3) is 5.91 Å². The lowest BCUT2D eigenvalue weighted by Crippen LogP contribution is -2.41. The van der Waals surface area contributed by atoms with Crippen molar-refractivity contribution >= 4 is 29.2 Å². The number of anilines is 2. The van der Waals surface area contributed by atoms with Gasteiger partial charge < -0.3 is 16.0 Å². The Labute approximate surface area is 138 Å². The zero-order valence-corrected chi connectivity index (χ0v) is 12.8. The monoisotopic (exact) mass is 324 g/mol. The smallest absolute Gasteiger partial charge is 0.254 e. The van der Waals surface area contributed by atoms with E-state index in [1.54, 1.807) is 48.7 Å². The number of rotatable bonds is 4. The van der Waals surface area contributed by atoms with Crippen molar-refractivity contribution in [3.63, 3.8) is 0 Å². The van der Waals surface area contributed by atoms with Gasteiger partial charge in [-0.05, 0) is 30.7 Å². The molecule has 3 N–H and O–H groups in total. The number of carbonyl (C=O) groups excluding carboxylic acids is 3. The summed E-state index contributed by atoms with van der Waals surface area (Å²) in [6.07, 6.45) is 1.86. The predicted molar refractivity (Wildman–Crippen MR) is 88.4 cm³/mol. The number of amides is 3. The molecule has 0 fully saturated rings. The minimum atomic E-state index is -0.764. The first-order valence-corrected chi connectivity index (χ1v) is 7.55. The van der Waals surface area contributed by atoms with Crippen LogP contribution < -0.4 is 16.0 Å². The standard InChI is InChI=1S/C17H16N4O3/c22-15(21-14-7-3-4-10-18-14)9-8-13-17(24)19-12-6-2-1-5-11(12)16(23)20-13/h1-7,10,13H,8-9H2,(H,19,24)(H,20,23)(H,18,21,22)/t13-/m1/s1. The lowest BCUT2D eigenvalue weighted by molar-refractivity contribution is -0.118. The summed E-state index contributed by atoms with van der Waals surface area (Å²) in [4.78, 5) is 40.4. The summed E-state index contributed by atoms with van der Waals surface area (Å²) in [5, 5.41) is 8.01. The summed E-state index contributed by atoms with van der Waals surface area (Å²) in [5.74, 6) is -0.486. The number of pyridine rings is 1. The Hall–Kier alpha value is -3.22. The quantitative estimate of drug-likeness (QED) is 0.794. The third kappa shape index (κ3) is 3.57. The summed E-state index contributed by atoms with van der Waals surface area (Å²) < 4.78 is 0. The summed E-state index contributed by atoms with van der Waals surface area (Å²) in [6.45, 7) is 0. The zero-order valence-electron chi connectivity index (χ0n) is 12.8. The fourth-order valence-electron chi connectivity index (χ4n) is 2.43. The van der Waals surface area contributed by atoms with E-state index in [9.17, 15) is 14.4 Å². The van der Waals surface area contributed by atoms with Crippen molar-refractivity contribution < 1.29 is 14.4 Å². The number of fused-ring (bicyclic) bond motifs is 1. The number of nitrogens with zero attached hydrogens (tertiary/aromatic N) is 1. The van der Waals surface area contributed by atoms with E-state index >= 15 is 0 Å². The molecule has 3 rings (SSSR count). The Morgan fingerprint density at radius 1 is 1.12 bits per heavy atom. The molecule has 0 spiro atoms. The molecule has 1 aromatic heterocycles. The lowest BCUT2D eigenvalue weighted by atomic mass is 10.1. The van der Waals surface area contributed by atoms with Crippen molar-refractivity contribution in [3.8, 4) is 0 Å². The third-order valence-corrected chi connectivity index (χ3v) is 3.64. The first kappa shape index (κ1) is 15.7. The number of aromatic nitrogens is 1. The first-order valence-electron chi connectivity index (χ1n) is 7.55. The van der Waals surface area contributed by atoms with Gasteiger partial charge in [0, 0.05) is 12.6 Å². The van der Waals surface area contributed by atoms with Crippen LogP contribution in [0.2, 0.25) is 0 Å². The maximum atomic E-state index is 12.2. The number of nitrogens with one attached hydrogen (secondary N) is 3. The number of carbonyl (C=O) groups is 3. The van der Waals surface area contributed by atoms with Gasteiger partial charge >= 0.3 is 0 Å². The third-order valence-electron chi connectivity index (χ3n) is 3.64. The molecule has 3 amide bonds. The Kier molecular flexibility index (Phi) is 4.51.